The lowest BCUT2D eigenvalue weighted by Crippen LogP contribution is -2.47. The van der Waals surface area contributed by atoms with E-state index in [0.29, 0.717) is 6.10 Å². The molecule has 1 aromatic rings. The van der Waals surface area contributed by atoms with Crippen molar-refractivity contribution >= 4 is 17.6 Å². The summed E-state index contributed by atoms with van der Waals surface area (Å²) in [6.45, 7) is 5.39. The highest BCUT2D eigenvalue weighted by Crippen LogP contribution is 2.28. The van der Waals surface area contributed by atoms with Crippen LogP contribution in [0.4, 0.5) is 5.82 Å². The third-order valence-corrected chi connectivity index (χ3v) is 5.35. The van der Waals surface area contributed by atoms with Gasteiger partial charge in [0, 0.05) is 50.9 Å². The Kier molecular flexibility index (Phi) is 6.39. The molecule has 0 radical (unpaired) electrons. The second-order valence-electron chi connectivity index (χ2n) is 6.38. The van der Waals surface area contributed by atoms with Gasteiger partial charge in [-0.3, -0.25) is 4.90 Å². The third-order valence-electron chi connectivity index (χ3n) is 4.76. The summed E-state index contributed by atoms with van der Waals surface area (Å²) in [7, 11) is 0. The van der Waals surface area contributed by atoms with Crippen LogP contribution >= 0.6 is 11.8 Å². The second kappa shape index (κ2) is 8.73. The van der Waals surface area contributed by atoms with E-state index in [1.54, 1.807) is 12.4 Å². The molecule has 0 atom stereocenters. The van der Waals surface area contributed by atoms with Crippen LogP contribution in [0.15, 0.2) is 12.4 Å². The monoisotopic (exact) mass is 336 g/mol. The Morgan fingerprint density at radius 3 is 2.57 bits per heavy atom. The first-order chi connectivity index (χ1) is 11.4. The van der Waals surface area contributed by atoms with Crippen molar-refractivity contribution in [3.05, 3.63) is 12.4 Å². The van der Waals surface area contributed by atoms with Gasteiger partial charge in [-0.05, 0) is 31.9 Å². The van der Waals surface area contributed by atoms with Crippen LogP contribution in [-0.4, -0.2) is 65.7 Å². The number of ether oxygens (including phenoxy) is 1. The van der Waals surface area contributed by atoms with E-state index in [9.17, 15) is 0 Å². The molecule has 23 heavy (non-hydrogen) atoms. The maximum Gasteiger partial charge on any atom is 0.257 e. The molecule has 6 heteroatoms. The van der Waals surface area contributed by atoms with Crippen LogP contribution in [0.5, 0.6) is 5.88 Å². The van der Waals surface area contributed by atoms with Crippen LogP contribution in [-0.2, 0) is 0 Å². The lowest BCUT2D eigenvalue weighted by Gasteiger charge is -2.36. The molecule has 0 aromatic carbocycles. The van der Waals surface area contributed by atoms with Gasteiger partial charge in [0.25, 0.3) is 5.88 Å². The van der Waals surface area contributed by atoms with Gasteiger partial charge < -0.3 is 9.64 Å². The molecule has 5 nitrogen and oxygen atoms in total. The summed E-state index contributed by atoms with van der Waals surface area (Å²) in [5.74, 6) is 2.88. The van der Waals surface area contributed by atoms with Crippen molar-refractivity contribution in [1.82, 2.24) is 14.9 Å². The van der Waals surface area contributed by atoms with Crippen molar-refractivity contribution in [2.24, 2.45) is 0 Å². The molecular formula is C17H28N4OS. The molecule has 0 unspecified atom stereocenters. The van der Waals surface area contributed by atoms with Crippen LogP contribution in [0.25, 0.3) is 0 Å². The normalized spacial score (nSPS) is 20.7. The molecule has 1 aliphatic heterocycles. The molecule has 1 aliphatic carbocycles. The van der Waals surface area contributed by atoms with Gasteiger partial charge in [0.2, 0.25) is 0 Å². The number of hydrogen-bond donors (Lipinski definition) is 0. The molecule has 2 heterocycles. The summed E-state index contributed by atoms with van der Waals surface area (Å²) < 4.78 is 6.20. The summed E-state index contributed by atoms with van der Waals surface area (Å²) in [5, 5.41) is 0. The SMILES string of the molecule is CSCCN1CCN(c2nccnc2OC2CCCCC2)CC1. The van der Waals surface area contributed by atoms with E-state index < -0.39 is 0 Å². The van der Waals surface area contributed by atoms with Crippen molar-refractivity contribution in [3.63, 3.8) is 0 Å². The van der Waals surface area contributed by atoms with Crippen LogP contribution < -0.4 is 9.64 Å². The molecule has 1 saturated carbocycles. The molecular weight excluding hydrogens is 308 g/mol. The van der Waals surface area contributed by atoms with Gasteiger partial charge in [0.05, 0.1) is 0 Å². The fourth-order valence-corrected chi connectivity index (χ4v) is 3.80. The fourth-order valence-electron chi connectivity index (χ4n) is 3.36. The molecule has 0 spiro atoms. The Labute approximate surface area is 143 Å². The molecule has 1 aromatic heterocycles. The lowest BCUT2D eigenvalue weighted by atomic mass is 9.98. The molecule has 2 fully saturated rings. The third kappa shape index (κ3) is 4.73. The van der Waals surface area contributed by atoms with Gasteiger partial charge in [0.15, 0.2) is 5.82 Å². The van der Waals surface area contributed by atoms with Crippen LogP contribution in [0.3, 0.4) is 0 Å². The first-order valence-electron chi connectivity index (χ1n) is 8.80. The van der Waals surface area contributed by atoms with Crippen molar-refractivity contribution in [2.75, 3.05) is 49.6 Å². The maximum atomic E-state index is 6.20. The summed E-state index contributed by atoms with van der Waals surface area (Å²) in [5.41, 5.74) is 0. The summed E-state index contributed by atoms with van der Waals surface area (Å²) in [6, 6.07) is 0. The quantitative estimate of drug-likeness (QED) is 0.795. The standard InChI is InChI=1S/C17H28N4OS/c1-23-14-13-20-9-11-21(12-10-20)16-17(19-8-7-18-16)22-15-5-3-2-4-6-15/h7-8,15H,2-6,9-14H2,1H3. The first kappa shape index (κ1) is 16.8. The summed E-state index contributed by atoms with van der Waals surface area (Å²) in [6.07, 6.45) is 12.2. The fraction of sp³-hybridized carbons (Fsp3) is 0.765. The minimum atomic E-state index is 0.321. The van der Waals surface area contributed by atoms with Gasteiger partial charge >= 0.3 is 0 Å². The smallest absolute Gasteiger partial charge is 0.257 e. The molecule has 128 valence electrons. The topological polar surface area (TPSA) is 41.5 Å². The number of piperazine rings is 1. The van der Waals surface area contributed by atoms with Crippen molar-refractivity contribution in [2.45, 2.75) is 38.2 Å². The van der Waals surface area contributed by atoms with Crippen LogP contribution in [0, 0.1) is 0 Å². The highest BCUT2D eigenvalue weighted by atomic mass is 32.2. The van der Waals surface area contributed by atoms with E-state index in [-0.39, 0.29) is 0 Å². The second-order valence-corrected chi connectivity index (χ2v) is 7.37. The molecule has 1 saturated heterocycles. The van der Waals surface area contributed by atoms with E-state index in [4.69, 9.17) is 4.74 Å². The number of thioether (sulfide) groups is 1. The van der Waals surface area contributed by atoms with E-state index in [0.717, 1.165) is 50.7 Å². The molecule has 0 N–H and O–H groups in total. The first-order valence-corrected chi connectivity index (χ1v) is 10.2. The van der Waals surface area contributed by atoms with Gasteiger partial charge in [-0.15, -0.1) is 0 Å². The average molecular weight is 337 g/mol. The van der Waals surface area contributed by atoms with Crippen LogP contribution in [0.2, 0.25) is 0 Å². The highest BCUT2D eigenvalue weighted by Gasteiger charge is 2.23. The minimum absolute atomic E-state index is 0.321. The summed E-state index contributed by atoms with van der Waals surface area (Å²) >= 11 is 1.92. The minimum Gasteiger partial charge on any atom is -0.472 e. The molecule has 2 aliphatic rings. The number of hydrogen-bond acceptors (Lipinski definition) is 6. The molecule has 0 bridgehead atoms. The van der Waals surface area contributed by atoms with Gasteiger partial charge in [-0.25, -0.2) is 9.97 Å². The van der Waals surface area contributed by atoms with Gasteiger partial charge in [-0.1, -0.05) is 6.42 Å². The largest absolute Gasteiger partial charge is 0.472 e. The molecule has 0 amide bonds. The average Bonchev–Trinajstić information content (AvgIpc) is 2.62. The van der Waals surface area contributed by atoms with Gasteiger partial charge in [-0.2, -0.15) is 11.8 Å². The Balaban J connectivity index is 1.59. The number of rotatable bonds is 6. The highest BCUT2D eigenvalue weighted by molar-refractivity contribution is 7.98. The predicted molar refractivity (Wildman–Crippen MR) is 96.6 cm³/mol. The zero-order valence-electron chi connectivity index (χ0n) is 14.1. The van der Waals surface area contributed by atoms with E-state index in [1.165, 1.54) is 31.6 Å². The lowest BCUT2D eigenvalue weighted by molar-refractivity contribution is 0.148. The Bertz CT molecular complexity index is 473. The molecule has 3 rings (SSSR count). The Morgan fingerprint density at radius 1 is 1.09 bits per heavy atom. The van der Waals surface area contributed by atoms with E-state index in [1.807, 2.05) is 11.8 Å². The van der Waals surface area contributed by atoms with E-state index in [2.05, 4.69) is 26.0 Å². The van der Waals surface area contributed by atoms with Crippen molar-refractivity contribution < 1.29 is 4.74 Å². The summed E-state index contributed by atoms with van der Waals surface area (Å²) in [4.78, 5) is 13.9. The van der Waals surface area contributed by atoms with E-state index >= 15 is 0 Å². The Hall–Kier alpha value is -1.01. The Morgan fingerprint density at radius 2 is 1.83 bits per heavy atom. The van der Waals surface area contributed by atoms with Crippen molar-refractivity contribution in [1.29, 1.82) is 0 Å². The predicted octanol–water partition coefficient (Wildman–Crippen LogP) is 2.67. The zero-order valence-corrected chi connectivity index (χ0v) is 14.9. The van der Waals surface area contributed by atoms with Gasteiger partial charge in [0.1, 0.15) is 6.10 Å². The zero-order chi connectivity index (χ0) is 15.9. The number of nitrogens with zero attached hydrogens (tertiary/aromatic N) is 4. The van der Waals surface area contributed by atoms with Crippen LogP contribution in [0.1, 0.15) is 32.1 Å². The van der Waals surface area contributed by atoms with Crippen molar-refractivity contribution in [3.8, 4) is 5.88 Å². The number of anilines is 1. The number of aromatic nitrogens is 2. The maximum absolute atomic E-state index is 6.20.